The van der Waals surface area contributed by atoms with Gasteiger partial charge < -0.3 is 9.84 Å². The lowest BCUT2D eigenvalue weighted by Crippen LogP contribution is -2.22. The maximum absolute atomic E-state index is 13.2. The summed E-state index contributed by atoms with van der Waals surface area (Å²) in [5.41, 5.74) is 2.10. The number of aromatic nitrogens is 2. The maximum atomic E-state index is 13.2. The number of halogens is 2. The van der Waals surface area contributed by atoms with Gasteiger partial charge in [0, 0.05) is 0 Å². The molecule has 9 heteroatoms. The summed E-state index contributed by atoms with van der Waals surface area (Å²) in [5.74, 6) is -0.104. The molecular formula is C21H13Cl2N3O3S. The lowest BCUT2D eigenvalue weighted by atomic mass is 10.0. The quantitative estimate of drug-likeness (QED) is 0.442. The highest BCUT2D eigenvalue weighted by atomic mass is 35.5. The average Bonchev–Trinajstić information content (AvgIpc) is 3.24. The lowest BCUT2D eigenvalue weighted by Gasteiger charge is -2.17. The van der Waals surface area contributed by atoms with E-state index < -0.39 is 5.56 Å². The molecule has 2 aromatic carbocycles. The molecule has 1 N–H and O–H groups in total. The van der Waals surface area contributed by atoms with E-state index in [-0.39, 0.29) is 51.5 Å². The Morgan fingerprint density at radius 3 is 2.60 bits per heavy atom. The van der Waals surface area contributed by atoms with Crippen molar-refractivity contribution < 1.29 is 9.84 Å². The van der Waals surface area contributed by atoms with Crippen LogP contribution in [0.1, 0.15) is 5.56 Å². The predicted molar refractivity (Wildman–Crippen MR) is 117 cm³/mol. The average molecular weight is 458 g/mol. The molecule has 4 rings (SSSR count). The van der Waals surface area contributed by atoms with Crippen molar-refractivity contribution in [2.24, 2.45) is 0 Å². The Balaban J connectivity index is 1.95. The second-order valence-electron chi connectivity index (χ2n) is 6.29. The minimum Gasteiger partial charge on any atom is -0.505 e. The Morgan fingerprint density at radius 2 is 1.87 bits per heavy atom. The monoisotopic (exact) mass is 457 g/mol. The number of benzene rings is 2. The summed E-state index contributed by atoms with van der Waals surface area (Å²) in [7, 11) is 0. The van der Waals surface area contributed by atoms with Crippen molar-refractivity contribution in [3.05, 3.63) is 73.9 Å². The van der Waals surface area contributed by atoms with Gasteiger partial charge in [-0.2, -0.15) is 5.26 Å². The lowest BCUT2D eigenvalue weighted by molar-refractivity contribution is 0.307. The number of nitriles is 1. The van der Waals surface area contributed by atoms with E-state index in [1.807, 2.05) is 36.4 Å². The fraction of sp³-hybridized carbons (Fsp3) is 0.0952. The van der Waals surface area contributed by atoms with Gasteiger partial charge in [-0.15, -0.1) is 11.3 Å². The number of fused-ring (bicyclic) bond motifs is 1. The van der Waals surface area contributed by atoms with Crippen LogP contribution in [0.2, 0.25) is 10.0 Å². The van der Waals surface area contributed by atoms with E-state index in [9.17, 15) is 9.90 Å². The number of thiazole rings is 1. The number of hydrogen-bond acceptors (Lipinski definition) is 6. The van der Waals surface area contributed by atoms with Crippen LogP contribution in [0.15, 0.2) is 52.8 Å². The van der Waals surface area contributed by atoms with Gasteiger partial charge in [0.1, 0.15) is 29.4 Å². The van der Waals surface area contributed by atoms with Crippen LogP contribution in [0.3, 0.4) is 0 Å². The van der Waals surface area contributed by atoms with E-state index in [1.54, 1.807) is 6.07 Å². The fourth-order valence-corrected chi connectivity index (χ4v) is 4.32. The third-order valence-electron chi connectivity index (χ3n) is 4.48. The van der Waals surface area contributed by atoms with E-state index in [1.165, 1.54) is 16.1 Å². The van der Waals surface area contributed by atoms with Crippen LogP contribution in [-0.2, 0) is 13.2 Å². The van der Waals surface area contributed by atoms with E-state index in [2.05, 4.69) is 4.98 Å². The molecular weight excluding hydrogens is 445 g/mol. The Kier molecular flexibility index (Phi) is 5.64. The number of aromatic hydroxyl groups is 1. The summed E-state index contributed by atoms with van der Waals surface area (Å²) in [6.45, 7) is -0.0470. The molecule has 0 unspecified atom stereocenters. The van der Waals surface area contributed by atoms with Gasteiger partial charge in [0.25, 0.3) is 5.56 Å². The molecule has 6 nitrogen and oxygen atoms in total. The molecule has 0 spiro atoms. The first-order chi connectivity index (χ1) is 14.5. The smallest absolute Gasteiger partial charge is 0.265 e. The van der Waals surface area contributed by atoms with Gasteiger partial charge in [-0.3, -0.25) is 9.36 Å². The highest BCUT2D eigenvalue weighted by molar-refractivity contribution is 7.17. The maximum Gasteiger partial charge on any atom is 0.265 e. The first-order valence-electron chi connectivity index (χ1n) is 8.74. The van der Waals surface area contributed by atoms with Crippen LogP contribution in [0, 0.1) is 11.3 Å². The first-order valence-corrected chi connectivity index (χ1v) is 10.4. The molecule has 0 aliphatic carbocycles. The third kappa shape index (κ3) is 3.50. The van der Waals surface area contributed by atoms with E-state index >= 15 is 0 Å². The minimum absolute atomic E-state index is 0.0856. The van der Waals surface area contributed by atoms with Gasteiger partial charge in [0.2, 0.25) is 0 Å². The summed E-state index contributed by atoms with van der Waals surface area (Å²) in [4.78, 5) is 17.4. The highest BCUT2D eigenvalue weighted by Gasteiger charge is 2.26. The van der Waals surface area contributed by atoms with Crippen molar-refractivity contribution in [1.29, 1.82) is 5.26 Å². The van der Waals surface area contributed by atoms with Crippen LogP contribution in [0.25, 0.3) is 21.5 Å². The molecule has 2 aromatic heterocycles. The largest absolute Gasteiger partial charge is 0.505 e. The van der Waals surface area contributed by atoms with Gasteiger partial charge >= 0.3 is 0 Å². The van der Waals surface area contributed by atoms with Crippen molar-refractivity contribution in [3.8, 4) is 28.7 Å². The van der Waals surface area contributed by atoms with Gasteiger partial charge in [0.15, 0.2) is 5.65 Å². The number of rotatable bonds is 5. The van der Waals surface area contributed by atoms with Gasteiger partial charge in [-0.25, -0.2) is 4.98 Å². The number of nitrogens with zero attached hydrogens (tertiary/aromatic N) is 3. The molecule has 0 saturated carbocycles. The van der Waals surface area contributed by atoms with Gasteiger partial charge in [-0.05, 0) is 17.7 Å². The summed E-state index contributed by atoms with van der Waals surface area (Å²) >= 11 is 14.0. The zero-order valence-electron chi connectivity index (χ0n) is 15.3. The molecule has 0 radical (unpaired) electrons. The Bertz CT molecular complexity index is 1340. The van der Waals surface area contributed by atoms with E-state index in [0.29, 0.717) is 4.70 Å². The van der Waals surface area contributed by atoms with Crippen LogP contribution in [0.4, 0.5) is 0 Å². The molecule has 0 saturated heterocycles. The number of hydrogen-bond donors (Lipinski definition) is 1. The fourth-order valence-electron chi connectivity index (χ4n) is 3.12. The molecule has 0 amide bonds. The van der Waals surface area contributed by atoms with Crippen molar-refractivity contribution in [1.82, 2.24) is 9.55 Å². The van der Waals surface area contributed by atoms with Crippen LogP contribution < -0.4 is 10.3 Å². The van der Waals surface area contributed by atoms with Gasteiger partial charge in [-0.1, -0.05) is 53.5 Å². The summed E-state index contributed by atoms with van der Waals surface area (Å²) in [6, 6.07) is 14.5. The molecule has 4 aromatic rings. The van der Waals surface area contributed by atoms with Crippen LogP contribution in [0.5, 0.6) is 11.5 Å². The van der Waals surface area contributed by atoms with E-state index in [0.717, 1.165) is 16.9 Å². The van der Waals surface area contributed by atoms with Gasteiger partial charge in [0.05, 0.1) is 32.8 Å². The van der Waals surface area contributed by atoms with Crippen molar-refractivity contribution in [2.75, 3.05) is 0 Å². The highest BCUT2D eigenvalue weighted by Crippen LogP contribution is 2.45. The molecule has 2 heterocycles. The predicted octanol–water partition coefficient (Wildman–Crippen LogP) is 5.24. The Labute approximate surface area is 185 Å². The molecule has 30 heavy (non-hydrogen) atoms. The standard InChI is InChI=1S/C21H13Cl2N3O3S/c22-13-6-7-14(23)18(29-10-12-4-2-1-3-5-12)15(13)16-17(27)19-20(25-11-30-19)26(9-8-24)21(16)28/h1-7,11,27H,9-10H2. The van der Waals surface area contributed by atoms with Crippen molar-refractivity contribution >= 4 is 44.9 Å². The molecule has 0 atom stereocenters. The molecule has 0 aliphatic heterocycles. The summed E-state index contributed by atoms with van der Waals surface area (Å²) in [6.07, 6.45) is 0. The summed E-state index contributed by atoms with van der Waals surface area (Å²) in [5, 5.41) is 20.5. The van der Waals surface area contributed by atoms with Crippen molar-refractivity contribution in [3.63, 3.8) is 0 Å². The van der Waals surface area contributed by atoms with Crippen LogP contribution in [-0.4, -0.2) is 14.7 Å². The number of ether oxygens (including phenoxy) is 1. The second kappa shape index (κ2) is 8.36. The SMILES string of the molecule is N#CCn1c(=O)c(-c2c(Cl)ccc(Cl)c2OCc2ccccc2)c(O)c2scnc21. The van der Waals surface area contributed by atoms with E-state index in [4.69, 9.17) is 33.2 Å². The third-order valence-corrected chi connectivity index (χ3v) is 5.91. The molecule has 0 fully saturated rings. The molecule has 150 valence electrons. The van der Waals surface area contributed by atoms with Crippen LogP contribution >= 0.6 is 34.5 Å². The molecule has 0 bridgehead atoms. The topological polar surface area (TPSA) is 88.1 Å². The van der Waals surface area contributed by atoms with Crippen molar-refractivity contribution in [2.45, 2.75) is 13.2 Å². The zero-order chi connectivity index (χ0) is 21.3. The summed E-state index contributed by atoms with van der Waals surface area (Å²) < 4.78 is 7.50. The first kappa shape index (κ1) is 20.2. The normalized spacial score (nSPS) is 10.8. The Hall–Kier alpha value is -3.05. The second-order valence-corrected chi connectivity index (χ2v) is 7.95. The number of pyridine rings is 1. The zero-order valence-corrected chi connectivity index (χ0v) is 17.6. The molecule has 0 aliphatic rings. The Morgan fingerprint density at radius 1 is 1.13 bits per heavy atom. The minimum atomic E-state index is -0.610.